The van der Waals surface area contributed by atoms with Gasteiger partial charge >= 0.3 is 0 Å². The Kier molecular flexibility index (Phi) is 8.50. The van der Waals surface area contributed by atoms with Crippen LogP contribution in [0.25, 0.3) is 11.3 Å². The summed E-state index contributed by atoms with van der Waals surface area (Å²) in [6, 6.07) is 14.3. The fourth-order valence-corrected chi connectivity index (χ4v) is 6.22. The van der Waals surface area contributed by atoms with Crippen LogP contribution in [-0.4, -0.2) is 52.6 Å². The zero-order valence-electron chi connectivity index (χ0n) is 21.7. The topological polar surface area (TPSA) is 106 Å². The first kappa shape index (κ1) is 28.2. The molecule has 0 atom stereocenters. The number of aryl methyl sites for hydroxylation is 1. The maximum Gasteiger partial charge on any atom is 0.293 e. The third-order valence-corrected chi connectivity index (χ3v) is 9.75. The third kappa shape index (κ3) is 6.04. The molecule has 1 aliphatic rings. The molecule has 1 fully saturated rings. The van der Waals surface area contributed by atoms with Gasteiger partial charge in [0.15, 0.2) is 5.82 Å². The van der Waals surface area contributed by atoms with E-state index in [1.54, 1.807) is 48.5 Å². The number of amides is 2. The number of halogens is 2. The van der Waals surface area contributed by atoms with Gasteiger partial charge in [0.25, 0.3) is 17.4 Å². The van der Waals surface area contributed by atoms with Crippen LogP contribution in [-0.2, 0) is 11.8 Å². The van der Waals surface area contributed by atoms with E-state index < -0.39 is 0 Å². The number of thiophene rings is 1. The van der Waals surface area contributed by atoms with E-state index in [1.165, 1.54) is 15.9 Å². The van der Waals surface area contributed by atoms with Crippen LogP contribution in [0.5, 0.6) is 0 Å². The van der Waals surface area contributed by atoms with Crippen LogP contribution < -0.4 is 16.2 Å². The highest BCUT2D eigenvalue weighted by Crippen LogP contribution is 2.34. The van der Waals surface area contributed by atoms with E-state index in [1.807, 2.05) is 25.1 Å². The number of nitrogens with zero attached hydrogens (tertiary/aromatic N) is 3. The number of rotatable bonds is 6. The molecule has 1 saturated heterocycles. The SMILES string of the molecule is Cc1c(NC(=O)c2cc(Br)c(Br)s2)cccc1-c1cn(C)c(=O)c(Nc2ccc(C(=O)N3CCOCC3)cc2)n1. The quantitative estimate of drug-likeness (QED) is 0.265. The molecule has 0 bridgehead atoms. The monoisotopic (exact) mass is 685 g/mol. The molecule has 0 radical (unpaired) electrons. The molecule has 0 aliphatic carbocycles. The van der Waals surface area contributed by atoms with E-state index in [-0.39, 0.29) is 23.2 Å². The molecule has 2 amide bonds. The average Bonchev–Trinajstić information content (AvgIpc) is 3.30. The first-order chi connectivity index (χ1) is 19.2. The lowest BCUT2D eigenvalue weighted by Gasteiger charge is -2.26. The molecule has 5 rings (SSSR count). The molecular weight excluding hydrogens is 662 g/mol. The molecule has 4 aromatic rings. The summed E-state index contributed by atoms with van der Waals surface area (Å²) in [6.07, 6.45) is 1.67. The van der Waals surface area contributed by atoms with Crippen molar-refractivity contribution in [2.45, 2.75) is 6.92 Å². The van der Waals surface area contributed by atoms with Crippen molar-refractivity contribution in [1.82, 2.24) is 14.5 Å². The second-order valence-electron chi connectivity index (χ2n) is 9.16. The highest BCUT2D eigenvalue weighted by molar-refractivity contribution is 9.13. The van der Waals surface area contributed by atoms with Gasteiger partial charge in [0, 0.05) is 53.3 Å². The van der Waals surface area contributed by atoms with E-state index in [9.17, 15) is 14.4 Å². The predicted molar refractivity (Wildman–Crippen MR) is 164 cm³/mol. The summed E-state index contributed by atoms with van der Waals surface area (Å²) < 4.78 is 8.45. The number of benzene rings is 2. The second kappa shape index (κ2) is 12.0. The minimum absolute atomic E-state index is 0.0484. The van der Waals surface area contributed by atoms with Crippen molar-refractivity contribution in [3.05, 3.63) is 89.3 Å². The van der Waals surface area contributed by atoms with Crippen molar-refractivity contribution in [3.8, 4) is 11.3 Å². The number of carbonyl (C=O) groups excluding carboxylic acids is 2. The second-order valence-corrected chi connectivity index (χ2v) is 12.4. The van der Waals surface area contributed by atoms with Gasteiger partial charge in [-0.3, -0.25) is 14.4 Å². The fraction of sp³-hybridized carbons (Fsp3) is 0.214. The lowest BCUT2D eigenvalue weighted by Crippen LogP contribution is -2.40. The van der Waals surface area contributed by atoms with Gasteiger partial charge in [-0.05, 0) is 80.7 Å². The van der Waals surface area contributed by atoms with E-state index in [0.717, 1.165) is 19.4 Å². The van der Waals surface area contributed by atoms with Crippen LogP contribution in [0.4, 0.5) is 17.2 Å². The lowest BCUT2D eigenvalue weighted by atomic mass is 10.0. The molecule has 12 heteroatoms. The molecule has 0 saturated carbocycles. The molecular formula is C28H25Br2N5O4S. The number of nitrogens with one attached hydrogen (secondary N) is 2. The van der Waals surface area contributed by atoms with Gasteiger partial charge < -0.3 is 24.8 Å². The summed E-state index contributed by atoms with van der Waals surface area (Å²) in [6.45, 7) is 4.11. The van der Waals surface area contributed by atoms with Crippen molar-refractivity contribution in [1.29, 1.82) is 0 Å². The van der Waals surface area contributed by atoms with Crippen LogP contribution in [0.3, 0.4) is 0 Å². The highest BCUT2D eigenvalue weighted by Gasteiger charge is 2.19. The van der Waals surface area contributed by atoms with Crippen molar-refractivity contribution >= 4 is 72.2 Å². The molecule has 3 heterocycles. The number of aromatic nitrogens is 2. The van der Waals surface area contributed by atoms with Crippen LogP contribution in [0.1, 0.15) is 25.6 Å². The van der Waals surface area contributed by atoms with Crippen molar-refractivity contribution in [2.75, 3.05) is 36.9 Å². The Morgan fingerprint density at radius 1 is 1.07 bits per heavy atom. The first-order valence-electron chi connectivity index (χ1n) is 12.4. The Morgan fingerprint density at radius 2 is 1.80 bits per heavy atom. The fourth-order valence-electron chi connectivity index (χ4n) is 4.29. The predicted octanol–water partition coefficient (Wildman–Crippen LogP) is 5.81. The van der Waals surface area contributed by atoms with Gasteiger partial charge in [-0.1, -0.05) is 12.1 Å². The molecule has 2 aromatic carbocycles. The third-order valence-electron chi connectivity index (χ3n) is 6.49. The smallest absolute Gasteiger partial charge is 0.293 e. The summed E-state index contributed by atoms with van der Waals surface area (Å²) >= 11 is 8.18. The van der Waals surface area contributed by atoms with Gasteiger partial charge in [0.1, 0.15) is 0 Å². The number of anilines is 3. The summed E-state index contributed by atoms with van der Waals surface area (Å²) in [5.74, 6) is -0.120. The number of morpholine rings is 1. The molecule has 2 N–H and O–H groups in total. The highest BCUT2D eigenvalue weighted by atomic mass is 79.9. The number of carbonyl (C=O) groups is 2. The molecule has 206 valence electrons. The van der Waals surface area contributed by atoms with Crippen LogP contribution in [0.15, 0.2) is 67.8 Å². The Morgan fingerprint density at radius 3 is 2.48 bits per heavy atom. The number of hydrogen-bond donors (Lipinski definition) is 2. The van der Waals surface area contributed by atoms with Gasteiger partial charge in [-0.15, -0.1) is 11.3 Å². The van der Waals surface area contributed by atoms with E-state index in [0.29, 0.717) is 53.8 Å². The summed E-state index contributed by atoms with van der Waals surface area (Å²) in [7, 11) is 1.66. The zero-order chi connectivity index (χ0) is 28.4. The van der Waals surface area contributed by atoms with E-state index >= 15 is 0 Å². The van der Waals surface area contributed by atoms with Crippen LogP contribution in [0.2, 0.25) is 0 Å². The molecule has 40 heavy (non-hydrogen) atoms. The van der Waals surface area contributed by atoms with Gasteiger partial charge in [-0.2, -0.15) is 0 Å². The maximum atomic E-state index is 12.9. The number of ether oxygens (including phenoxy) is 1. The number of hydrogen-bond acceptors (Lipinski definition) is 7. The van der Waals surface area contributed by atoms with Crippen molar-refractivity contribution in [3.63, 3.8) is 0 Å². The minimum atomic E-state index is -0.298. The zero-order valence-corrected chi connectivity index (χ0v) is 25.7. The summed E-state index contributed by atoms with van der Waals surface area (Å²) in [5.41, 5.74) is 3.70. The summed E-state index contributed by atoms with van der Waals surface area (Å²) in [4.78, 5) is 45.5. The molecule has 9 nitrogen and oxygen atoms in total. The normalized spacial score (nSPS) is 13.2. The van der Waals surface area contributed by atoms with E-state index in [2.05, 4.69) is 47.5 Å². The molecule has 1 aliphatic heterocycles. The van der Waals surface area contributed by atoms with Gasteiger partial charge in [-0.25, -0.2) is 4.98 Å². The Labute approximate surface area is 251 Å². The Bertz CT molecular complexity index is 1630. The van der Waals surface area contributed by atoms with Crippen LogP contribution >= 0.6 is 43.2 Å². The lowest BCUT2D eigenvalue weighted by molar-refractivity contribution is 0.0303. The average molecular weight is 687 g/mol. The van der Waals surface area contributed by atoms with Crippen molar-refractivity contribution in [2.24, 2.45) is 7.05 Å². The molecule has 2 aromatic heterocycles. The van der Waals surface area contributed by atoms with Crippen LogP contribution in [0, 0.1) is 6.92 Å². The minimum Gasteiger partial charge on any atom is -0.378 e. The van der Waals surface area contributed by atoms with Gasteiger partial charge in [0.2, 0.25) is 0 Å². The first-order valence-corrected chi connectivity index (χ1v) is 14.8. The standard InChI is InChI=1S/C28H25Br2N5O4S/c1-16-19(4-3-5-21(16)33-26(36)23-14-20(29)24(30)40-23)22-15-34(2)28(38)25(32-22)31-18-8-6-17(7-9-18)27(37)35-10-12-39-13-11-35/h3-9,14-15H,10-13H2,1-2H3,(H,31,32)(H,33,36). The Balaban J connectivity index is 1.38. The Hall–Kier alpha value is -3.32. The maximum absolute atomic E-state index is 12.9. The summed E-state index contributed by atoms with van der Waals surface area (Å²) in [5, 5.41) is 6.07. The largest absolute Gasteiger partial charge is 0.378 e. The molecule has 0 unspecified atom stereocenters. The van der Waals surface area contributed by atoms with Crippen molar-refractivity contribution < 1.29 is 14.3 Å². The van der Waals surface area contributed by atoms with E-state index in [4.69, 9.17) is 4.74 Å². The molecule has 0 spiro atoms. The van der Waals surface area contributed by atoms with Gasteiger partial charge in [0.05, 0.1) is 27.6 Å².